The Balaban J connectivity index is 2.31. The molecule has 0 aliphatic heterocycles. The van der Waals surface area contributed by atoms with Crippen LogP contribution in [0.1, 0.15) is 18.5 Å². The summed E-state index contributed by atoms with van der Waals surface area (Å²) in [6.07, 6.45) is -1.74. The molecule has 11 heteroatoms. The lowest BCUT2D eigenvalue weighted by Gasteiger charge is -2.20. The first kappa shape index (κ1) is 24.1. The number of rotatable bonds is 9. The Hall–Kier alpha value is -2.59. The second-order valence-electron chi connectivity index (χ2n) is 7.24. The van der Waals surface area contributed by atoms with Crippen molar-refractivity contribution in [3.63, 3.8) is 0 Å². The first-order valence-electron chi connectivity index (χ1n) is 9.72. The minimum Gasteiger partial charge on any atom is -0.493 e. The van der Waals surface area contributed by atoms with Gasteiger partial charge in [-0.15, -0.1) is 0 Å². The third-order valence-electron chi connectivity index (χ3n) is 4.89. The van der Waals surface area contributed by atoms with Crippen molar-refractivity contribution in [3.8, 4) is 11.5 Å². The summed E-state index contributed by atoms with van der Waals surface area (Å²) < 4.78 is 64.0. The van der Waals surface area contributed by atoms with Crippen molar-refractivity contribution < 1.29 is 26.7 Å². The maximum Gasteiger partial charge on any atom is 0.329 e. The number of sulfone groups is 1. The number of methoxy groups -OCH3 is 1. The van der Waals surface area contributed by atoms with Crippen LogP contribution in [0.2, 0.25) is 5.02 Å². The Morgan fingerprint density at radius 1 is 1.09 bits per heavy atom. The molecular weight excluding hydrogens is 466 g/mol. The van der Waals surface area contributed by atoms with E-state index in [-0.39, 0.29) is 10.5 Å². The van der Waals surface area contributed by atoms with Crippen molar-refractivity contribution >= 4 is 32.5 Å². The largest absolute Gasteiger partial charge is 0.493 e. The molecule has 0 bridgehead atoms. The Kier molecular flexibility index (Phi) is 7.14. The van der Waals surface area contributed by atoms with E-state index in [4.69, 9.17) is 21.1 Å². The van der Waals surface area contributed by atoms with Crippen LogP contribution in [0, 0.1) is 0 Å². The zero-order valence-corrected chi connectivity index (χ0v) is 19.3. The van der Waals surface area contributed by atoms with E-state index in [1.807, 2.05) is 0 Å². The Morgan fingerprint density at radius 3 is 2.41 bits per heavy atom. The lowest BCUT2D eigenvalue weighted by Crippen LogP contribution is -2.32. The summed E-state index contributed by atoms with van der Waals surface area (Å²) in [6, 6.07) is 8.27. The first-order chi connectivity index (χ1) is 15.1. The van der Waals surface area contributed by atoms with Gasteiger partial charge in [-0.25, -0.2) is 22.0 Å². The van der Waals surface area contributed by atoms with Gasteiger partial charge in [0.05, 0.1) is 43.1 Å². The van der Waals surface area contributed by atoms with Crippen LogP contribution in [-0.4, -0.2) is 49.7 Å². The number of nitrogens with zero attached hydrogens (tertiary/aromatic N) is 2. The van der Waals surface area contributed by atoms with E-state index in [1.165, 1.54) is 29.9 Å². The van der Waals surface area contributed by atoms with Gasteiger partial charge in [0.25, 0.3) is 6.43 Å². The number of ether oxygens (including phenoxy) is 2. The maximum atomic E-state index is 13.3. The van der Waals surface area contributed by atoms with Gasteiger partial charge in [0.15, 0.2) is 11.5 Å². The first-order valence-corrected chi connectivity index (χ1v) is 12.2. The average Bonchev–Trinajstić information content (AvgIpc) is 2.96. The third-order valence-corrected chi connectivity index (χ3v) is 6.05. The van der Waals surface area contributed by atoms with Crippen molar-refractivity contribution in [2.45, 2.75) is 25.9 Å². The summed E-state index contributed by atoms with van der Waals surface area (Å²) >= 11 is 6.04. The highest BCUT2D eigenvalue weighted by molar-refractivity contribution is 7.90. The number of imidazole rings is 1. The summed E-state index contributed by atoms with van der Waals surface area (Å²) in [5.74, 6) is 0.382. The van der Waals surface area contributed by atoms with Crippen LogP contribution in [0.15, 0.2) is 41.2 Å². The lowest BCUT2D eigenvalue weighted by molar-refractivity contribution is 0.126. The van der Waals surface area contributed by atoms with Gasteiger partial charge in [0.1, 0.15) is 9.84 Å². The summed E-state index contributed by atoms with van der Waals surface area (Å²) in [7, 11) is -2.11. The minimum atomic E-state index is -3.58. The van der Waals surface area contributed by atoms with Crippen molar-refractivity contribution in [1.29, 1.82) is 0 Å². The van der Waals surface area contributed by atoms with Crippen molar-refractivity contribution in [2.75, 3.05) is 25.7 Å². The molecule has 0 radical (unpaired) electrons. The van der Waals surface area contributed by atoms with Crippen molar-refractivity contribution in [3.05, 3.63) is 57.5 Å². The van der Waals surface area contributed by atoms with Crippen LogP contribution in [0.25, 0.3) is 11.0 Å². The molecule has 32 heavy (non-hydrogen) atoms. The molecule has 0 saturated carbocycles. The quantitative estimate of drug-likeness (QED) is 0.458. The number of alkyl halides is 2. The number of aromatic nitrogens is 2. The number of hydrogen-bond donors (Lipinski definition) is 0. The van der Waals surface area contributed by atoms with Gasteiger partial charge in [-0.1, -0.05) is 17.7 Å². The maximum absolute atomic E-state index is 13.3. The smallest absolute Gasteiger partial charge is 0.329 e. The molecular formula is C21H23ClF2N2O5S. The van der Waals surface area contributed by atoms with E-state index in [9.17, 15) is 22.0 Å². The Labute approximate surface area is 189 Å². The predicted octanol–water partition coefficient (Wildman–Crippen LogP) is 3.76. The van der Waals surface area contributed by atoms with Crippen LogP contribution < -0.4 is 15.2 Å². The molecule has 1 aromatic heterocycles. The summed E-state index contributed by atoms with van der Waals surface area (Å²) in [4.78, 5) is 13.3. The Morgan fingerprint density at radius 2 is 1.81 bits per heavy atom. The normalized spacial score (nSPS) is 13.0. The van der Waals surface area contributed by atoms with Crippen LogP contribution in [0.3, 0.4) is 0 Å². The highest BCUT2D eigenvalue weighted by atomic mass is 35.5. The zero-order chi connectivity index (χ0) is 23.6. The Bertz CT molecular complexity index is 1290. The molecule has 0 fully saturated rings. The van der Waals surface area contributed by atoms with Crippen LogP contribution in [0.4, 0.5) is 8.78 Å². The van der Waals surface area contributed by atoms with Gasteiger partial charge in [-0.05, 0) is 42.8 Å². The molecule has 0 unspecified atom stereocenters. The monoisotopic (exact) mass is 488 g/mol. The fourth-order valence-corrected chi connectivity index (χ4v) is 4.73. The molecule has 2 aromatic carbocycles. The fourth-order valence-electron chi connectivity index (χ4n) is 3.64. The van der Waals surface area contributed by atoms with Gasteiger partial charge in [0, 0.05) is 11.3 Å². The SMILES string of the molecule is CCOc1cc([C@@H](CS(C)(=O)=O)n2c(=O)n(CC(F)F)c3cc(Cl)ccc32)ccc1OC. The van der Waals surface area contributed by atoms with E-state index in [0.29, 0.717) is 29.2 Å². The van der Waals surface area contributed by atoms with Gasteiger partial charge in [-0.2, -0.15) is 0 Å². The third kappa shape index (κ3) is 5.07. The molecule has 0 spiro atoms. The fraction of sp³-hybridized carbons (Fsp3) is 0.381. The number of benzene rings is 2. The van der Waals surface area contributed by atoms with E-state index >= 15 is 0 Å². The molecule has 0 aliphatic carbocycles. The topological polar surface area (TPSA) is 79.5 Å². The summed E-state index contributed by atoms with van der Waals surface area (Å²) in [6.45, 7) is 1.27. The van der Waals surface area contributed by atoms with E-state index in [2.05, 4.69) is 0 Å². The number of fused-ring (bicyclic) bond motifs is 1. The van der Waals surface area contributed by atoms with Crippen LogP contribution in [0.5, 0.6) is 11.5 Å². The van der Waals surface area contributed by atoms with Gasteiger partial charge < -0.3 is 9.47 Å². The van der Waals surface area contributed by atoms with E-state index < -0.39 is 40.3 Å². The molecule has 0 aliphatic rings. The van der Waals surface area contributed by atoms with Crippen LogP contribution in [-0.2, 0) is 16.4 Å². The molecule has 3 aromatic rings. The molecule has 0 amide bonds. The van der Waals surface area contributed by atoms with Crippen molar-refractivity contribution in [1.82, 2.24) is 9.13 Å². The van der Waals surface area contributed by atoms with E-state index in [0.717, 1.165) is 10.8 Å². The van der Waals surface area contributed by atoms with Gasteiger partial charge in [0.2, 0.25) is 0 Å². The second-order valence-corrected chi connectivity index (χ2v) is 9.86. The number of hydrogen-bond acceptors (Lipinski definition) is 5. The summed E-state index contributed by atoms with van der Waals surface area (Å²) in [5, 5.41) is 0.264. The molecule has 0 N–H and O–H groups in total. The predicted molar refractivity (Wildman–Crippen MR) is 119 cm³/mol. The molecule has 1 heterocycles. The summed E-state index contributed by atoms with van der Waals surface area (Å²) in [5.41, 5.74) is 0.181. The van der Waals surface area contributed by atoms with E-state index in [1.54, 1.807) is 25.1 Å². The molecule has 174 valence electrons. The second kappa shape index (κ2) is 9.50. The molecule has 3 rings (SSSR count). The standard InChI is InChI=1S/C21H23ClF2N2O5S/c1-4-31-19-9-13(5-8-18(19)30-2)17(12-32(3,28)29)26-15-7-6-14(22)10-16(15)25(21(26)27)11-20(23)24/h5-10,17,20H,4,11-12H2,1-3H3/t17-/m1/s1. The highest BCUT2D eigenvalue weighted by Crippen LogP contribution is 2.33. The molecule has 0 saturated heterocycles. The van der Waals surface area contributed by atoms with Crippen LogP contribution >= 0.6 is 11.6 Å². The molecule has 1 atom stereocenters. The zero-order valence-electron chi connectivity index (χ0n) is 17.7. The minimum absolute atomic E-state index is 0.194. The average molecular weight is 489 g/mol. The molecule has 7 nitrogen and oxygen atoms in total. The van der Waals surface area contributed by atoms with Gasteiger partial charge in [-0.3, -0.25) is 9.13 Å². The number of halogens is 3. The highest BCUT2D eigenvalue weighted by Gasteiger charge is 2.27. The van der Waals surface area contributed by atoms with Crippen molar-refractivity contribution in [2.24, 2.45) is 0 Å². The lowest BCUT2D eigenvalue weighted by atomic mass is 10.1. The van der Waals surface area contributed by atoms with Gasteiger partial charge >= 0.3 is 5.69 Å².